The molecule has 2 aliphatic heterocycles. The average Bonchev–Trinajstić information content (AvgIpc) is 3.15. The molecule has 5 heteroatoms. The summed E-state index contributed by atoms with van der Waals surface area (Å²) in [5.74, 6) is 1.54. The van der Waals surface area contributed by atoms with E-state index >= 15 is 0 Å². The molecule has 0 radical (unpaired) electrons. The lowest BCUT2D eigenvalue weighted by molar-refractivity contribution is -0.130. The molecule has 0 aromatic heterocycles. The summed E-state index contributed by atoms with van der Waals surface area (Å²) in [6.07, 6.45) is 1.40. The highest BCUT2D eigenvalue weighted by atomic mass is 16.7. The largest absolute Gasteiger partial charge is 0.454 e. The minimum Gasteiger partial charge on any atom is -0.454 e. The number of carbonyl (C=O) groups excluding carboxylic acids is 1. The molecule has 0 spiro atoms. The standard InChI is InChI=1S/C20H21NO4/c22-19(21-13-15-6-7-17-18(12-15)25-14-24-17)20(8-10-23-11-9-20)16-4-2-1-3-5-16/h1-7,12H,8-11,13-14H2,(H,21,22). The third-order valence-electron chi connectivity index (χ3n) is 5.00. The van der Waals surface area contributed by atoms with Gasteiger partial charge in [-0.15, -0.1) is 0 Å². The van der Waals surface area contributed by atoms with Crippen molar-refractivity contribution < 1.29 is 19.0 Å². The molecule has 0 atom stereocenters. The molecule has 25 heavy (non-hydrogen) atoms. The summed E-state index contributed by atoms with van der Waals surface area (Å²) in [4.78, 5) is 13.1. The third-order valence-corrected chi connectivity index (χ3v) is 5.00. The van der Waals surface area contributed by atoms with E-state index < -0.39 is 5.41 Å². The predicted molar refractivity (Wildman–Crippen MR) is 92.6 cm³/mol. The molecule has 1 N–H and O–H groups in total. The van der Waals surface area contributed by atoms with Crippen molar-refractivity contribution in [1.29, 1.82) is 0 Å². The lowest BCUT2D eigenvalue weighted by Crippen LogP contribution is -2.47. The van der Waals surface area contributed by atoms with Gasteiger partial charge in [0, 0.05) is 19.8 Å². The summed E-state index contributed by atoms with van der Waals surface area (Å²) >= 11 is 0. The van der Waals surface area contributed by atoms with Crippen LogP contribution in [0.4, 0.5) is 0 Å². The van der Waals surface area contributed by atoms with E-state index in [0.29, 0.717) is 32.6 Å². The highest BCUT2D eigenvalue weighted by molar-refractivity contribution is 5.88. The number of benzene rings is 2. The van der Waals surface area contributed by atoms with Crippen molar-refractivity contribution in [1.82, 2.24) is 5.32 Å². The van der Waals surface area contributed by atoms with Crippen LogP contribution in [0.15, 0.2) is 48.5 Å². The van der Waals surface area contributed by atoms with Crippen LogP contribution >= 0.6 is 0 Å². The zero-order valence-electron chi connectivity index (χ0n) is 14.0. The van der Waals surface area contributed by atoms with Gasteiger partial charge in [-0.1, -0.05) is 36.4 Å². The Morgan fingerprint density at radius 2 is 1.76 bits per heavy atom. The van der Waals surface area contributed by atoms with E-state index in [1.54, 1.807) is 0 Å². The van der Waals surface area contributed by atoms with Crippen LogP contribution < -0.4 is 14.8 Å². The highest BCUT2D eigenvalue weighted by Crippen LogP contribution is 2.36. The van der Waals surface area contributed by atoms with Crippen molar-refractivity contribution in [2.75, 3.05) is 20.0 Å². The molecule has 130 valence electrons. The van der Waals surface area contributed by atoms with Gasteiger partial charge in [-0.2, -0.15) is 0 Å². The van der Waals surface area contributed by atoms with Gasteiger partial charge in [-0.25, -0.2) is 0 Å². The second kappa shape index (κ2) is 6.76. The summed E-state index contributed by atoms with van der Waals surface area (Å²) < 4.78 is 16.2. The van der Waals surface area contributed by atoms with Gasteiger partial charge >= 0.3 is 0 Å². The molecule has 2 heterocycles. The van der Waals surface area contributed by atoms with Crippen molar-refractivity contribution in [3.05, 3.63) is 59.7 Å². The number of carbonyl (C=O) groups is 1. The number of amides is 1. The minimum atomic E-state index is -0.518. The van der Waals surface area contributed by atoms with Crippen molar-refractivity contribution in [3.63, 3.8) is 0 Å². The topological polar surface area (TPSA) is 56.8 Å². The Balaban J connectivity index is 1.51. The molecule has 0 saturated carbocycles. The summed E-state index contributed by atoms with van der Waals surface area (Å²) in [5.41, 5.74) is 1.53. The Morgan fingerprint density at radius 3 is 2.56 bits per heavy atom. The first-order valence-corrected chi connectivity index (χ1v) is 8.58. The Bertz CT molecular complexity index is 754. The second-order valence-electron chi connectivity index (χ2n) is 6.43. The quantitative estimate of drug-likeness (QED) is 0.931. The number of ether oxygens (including phenoxy) is 3. The van der Waals surface area contributed by atoms with Gasteiger partial charge in [0.05, 0.1) is 5.41 Å². The van der Waals surface area contributed by atoms with E-state index in [9.17, 15) is 4.79 Å². The van der Waals surface area contributed by atoms with E-state index in [2.05, 4.69) is 5.32 Å². The second-order valence-corrected chi connectivity index (χ2v) is 6.43. The SMILES string of the molecule is O=C(NCc1ccc2c(c1)OCO2)C1(c2ccccc2)CCOCC1. The van der Waals surface area contributed by atoms with E-state index in [-0.39, 0.29) is 12.7 Å². The van der Waals surface area contributed by atoms with Gasteiger partial charge < -0.3 is 19.5 Å². The number of fused-ring (bicyclic) bond motifs is 1. The molecule has 0 aliphatic carbocycles. The molecule has 4 rings (SSSR count). The van der Waals surface area contributed by atoms with E-state index in [4.69, 9.17) is 14.2 Å². The summed E-state index contributed by atoms with van der Waals surface area (Å²) in [6, 6.07) is 15.8. The van der Waals surface area contributed by atoms with Gasteiger partial charge in [-0.3, -0.25) is 4.79 Å². The molecular weight excluding hydrogens is 318 g/mol. The molecule has 1 saturated heterocycles. The van der Waals surface area contributed by atoms with Gasteiger partial charge in [0.1, 0.15) is 0 Å². The van der Waals surface area contributed by atoms with Gasteiger partial charge in [0.25, 0.3) is 0 Å². The van der Waals surface area contributed by atoms with Crippen LogP contribution in [0, 0.1) is 0 Å². The van der Waals surface area contributed by atoms with Gasteiger partial charge in [-0.05, 0) is 36.1 Å². The maximum Gasteiger partial charge on any atom is 0.231 e. The molecule has 2 aromatic carbocycles. The Kier molecular flexibility index (Phi) is 4.32. The maximum absolute atomic E-state index is 13.1. The number of hydrogen-bond donors (Lipinski definition) is 1. The molecule has 0 bridgehead atoms. The molecular formula is C20H21NO4. The summed E-state index contributed by atoms with van der Waals surface area (Å²) in [7, 11) is 0. The first-order valence-electron chi connectivity index (χ1n) is 8.58. The van der Waals surface area contributed by atoms with Crippen molar-refractivity contribution in [2.45, 2.75) is 24.8 Å². The fourth-order valence-electron chi connectivity index (χ4n) is 3.53. The smallest absolute Gasteiger partial charge is 0.231 e. The monoisotopic (exact) mass is 339 g/mol. The molecule has 0 unspecified atom stereocenters. The normalized spacial score (nSPS) is 17.9. The zero-order chi connectivity index (χ0) is 17.1. The minimum absolute atomic E-state index is 0.0552. The van der Waals surface area contributed by atoms with Crippen LogP contribution in [-0.4, -0.2) is 25.9 Å². The fraction of sp³-hybridized carbons (Fsp3) is 0.350. The lowest BCUT2D eigenvalue weighted by atomic mass is 9.73. The van der Waals surface area contributed by atoms with Crippen molar-refractivity contribution >= 4 is 5.91 Å². The molecule has 1 amide bonds. The van der Waals surface area contributed by atoms with E-state index in [1.807, 2.05) is 48.5 Å². The van der Waals surface area contributed by atoms with Crippen molar-refractivity contribution in [2.24, 2.45) is 0 Å². The number of hydrogen-bond acceptors (Lipinski definition) is 4. The Morgan fingerprint density at radius 1 is 1.00 bits per heavy atom. The zero-order valence-corrected chi connectivity index (χ0v) is 14.0. The van der Waals surface area contributed by atoms with E-state index in [0.717, 1.165) is 22.6 Å². The van der Waals surface area contributed by atoms with Crippen LogP contribution in [0.25, 0.3) is 0 Å². The molecule has 5 nitrogen and oxygen atoms in total. The van der Waals surface area contributed by atoms with E-state index in [1.165, 1.54) is 0 Å². The predicted octanol–water partition coefficient (Wildman–Crippen LogP) is 2.78. The summed E-state index contributed by atoms with van der Waals surface area (Å²) in [6.45, 7) is 1.92. The van der Waals surface area contributed by atoms with Crippen molar-refractivity contribution in [3.8, 4) is 11.5 Å². The first kappa shape index (κ1) is 16.0. The average molecular weight is 339 g/mol. The van der Waals surface area contributed by atoms with Crippen LogP contribution in [0.1, 0.15) is 24.0 Å². The summed E-state index contributed by atoms with van der Waals surface area (Å²) in [5, 5.41) is 3.11. The molecule has 2 aliphatic rings. The van der Waals surface area contributed by atoms with Crippen LogP contribution in [0.5, 0.6) is 11.5 Å². The van der Waals surface area contributed by atoms with Crippen LogP contribution in [0.2, 0.25) is 0 Å². The Hall–Kier alpha value is -2.53. The first-order chi connectivity index (χ1) is 12.3. The lowest BCUT2D eigenvalue weighted by Gasteiger charge is -2.36. The number of nitrogens with one attached hydrogen (secondary N) is 1. The molecule has 1 fully saturated rings. The fourth-order valence-corrected chi connectivity index (χ4v) is 3.53. The maximum atomic E-state index is 13.1. The van der Waals surface area contributed by atoms with Crippen LogP contribution in [-0.2, 0) is 21.5 Å². The Labute approximate surface area is 146 Å². The highest BCUT2D eigenvalue weighted by Gasteiger charge is 2.41. The third kappa shape index (κ3) is 3.07. The van der Waals surface area contributed by atoms with Crippen LogP contribution in [0.3, 0.4) is 0 Å². The number of rotatable bonds is 4. The molecule has 2 aromatic rings. The van der Waals surface area contributed by atoms with Gasteiger partial charge in [0.15, 0.2) is 11.5 Å². The van der Waals surface area contributed by atoms with Gasteiger partial charge in [0.2, 0.25) is 12.7 Å².